The molecule has 4 aromatic heterocycles. The summed E-state index contributed by atoms with van der Waals surface area (Å²) in [4.78, 5) is 15.7. The Kier molecular flexibility index (Phi) is 8.00. The summed E-state index contributed by atoms with van der Waals surface area (Å²) in [6, 6.07) is 73.0. The molecule has 12 rings (SSSR count). The van der Waals surface area contributed by atoms with Crippen LogP contribution in [0, 0.1) is 0 Å². The highest BCUT2D eigenvalue weighted by molar-refractivity contribution is 7.26. The van der Waals surface area contributed by atoms with Gasteiger partial charge in [0.25, 0.3) is 0 Å². The van der Waals surface area contributed by atoms with Gasteiger partial charge in [-0.3, -0.25) is 0 Å². The molecule has 0 radical (unpaired) electrons. The molecule has 0 saturated carbocycles. The first-order chi connectivity index (χ1) is 29.7. The molecule has 12 aromatic rings. The number of thiophene rings is 1. The Labute approximate surface area is 350 Å². The van der Waals surface area contributed by atoms with Crippen LogP contribution in [0.4, 0.5) is 0 Å². The third-order valence-electron chi connectivity index (χ3n) is 11.6. The molecule has 0 aliphatic carbocycles. The third-order valence-corrected chi connectivity index (χ3v) is 12.8. The molecule has 0 fully saturated rings. The van der Waals surface area contributed by atoms with Crippen molar-refractivity contribution in [3.05, 3.63) is 206 Å². The fourth-order valence-electron chi connectivity index (χ4n) is 8.73. The molecule has 8 aromatic carbocycles. The Morgan fingerprint density at radius 2 is 0.900 bits per heavy atom. The fraction of sp³-hybridized carbons (Fsp3) is 0. The monoisotopic (exact) mass is 782 g/mol. The molecule has 0 aliphatic heterocycles. The third kappa shape index (κ3) is 5.70. The summed E-state index contributed by atoms with van der Waals surface area (Å²) >= 11 is 1.81. The van der Waals surface area contributed by atoms with Crippen molar-refractivity contribution < 1.29 is 0 Å². The number of para-hydroxylation sites is 2. The SMILES string of the molecule is c1ccc(-c2ccc3nc(-c4ccc(-c5nc(-c6ccccc6)cc(-c6ccc(-n7c8ccccc8c8ccccc87)cc6)n5)cc4)c4sc5ccccc5c4c3c2)cc1. The Balaban J connectivity index is 0.956. The molecule has 0 atom stereocenters. The van der Waals surface area contributed by atoms with E-state index in [1.807, 2.05) is 17.4 Å². The average molecular weight is 783 g/mol. The first kappa shape index (κ1) is 34.3. The smallest absolute Gasteiger partial charge is 0.160 e. The zero-order chi connectivity index (χ0) is 39.6. The number of fused-ring (bicyclic) bond motifs is 8. The van der Waals surface area contributed by atoms with Crippen LogP contribution in [0.2, 0.25) is 0 Å². The minimum Gasteiger partial charge on any atom is -0.309 e. The minimum absolute atomic E-state index is 0.677. The van der Waals surface area contributed by atoms with E-state index in [1.165, 1.54) is 58.5 Å². The number of aromatic nitrogens is 4. The summed E-state index contributed by atoms with van der Waals surface area (Å²) in [5.41, 5.74) is 13.7. The maximum Gasteiger partial charge on any atom is 0.160 e. The molecule has 0 aliphatic rings. The zero-order valence-electron chi connectivity index (χ0n) is 32.3. The molecule has 0 saturated heterocycles. The largest absolute Gasteiger partial charge is 0.309 e. The van der Waals surface area contributed by atoms with E-state index in [0.717, 1.165) is 50.5 Å². The van der Waals surface area contributed by atoms with E-state index in [-0.39, 0.29) is 0 Å². The topological polar surface area (TPSA) is 43.6 Å². The summed E-state index contributed by atoms with van der Waals surface area (Å²) in [6.45, 7) is 0. The molecule has 60 heavy (non-hydrogen) atoms. The van der Waals surface area contributed by atoms with Crippen LogP contribution >= 0.6 is 11.3 Å². The molecule has 0 unspecified atom stereocenters. The quantitative estimate of drug-likeness (QED) is 0.169. The van der Waals surface area contributed by atoms with Crippen LogP contribution in [0.15, 0.2) is 206 Å². The number of benzene rings is 8. The van der Waals surface area contributed by atoms with Gasteiger partial charge in [0, 0.05) is 59.6 Å². The zero-order valence-corrected chi connectivity index (χ0v) is 33.1. The predicted molar refractivity (Wildman–Crippen MR) is 252 cm³/mol. The van der Waals surface area contributed by atoms with E-state index in [4.69, 9.17) is 15.0 Å². The van der Waals surface area contributed by atoms with E-state index in [2.05, 4.69) is 205 Å². The predicted octanol–water partition coefficient (Wildman–Crippen LogP) is 14.8. The molecule has 5 heteroatoms. The molecular weight excluding hydrogens is 749 g/mol. The van der Waals surface area contributed by atoms with Gasteiger partial charge in [0.15, 0.2) is 5.82 Å². The lowest BCUT2D eigenvalue weighted by atomic mass is 9.98. The molecule has 0 amide bonds. The van der Waals surface area contributed by atoms with Gasteiger partial charge in [0.1, 0.15) is 0 Å². The number of rotatable bonds is 6. The van der Waals surface area contributed by atoms with Gasteiger partial charge in [-0.25, -0.2) is 15.0 Å². The van der Waals surface area contributed by atoms with Crippen LogP contribution in [-0.2, 0) is 0 Å². The Morgan fingerprint density at radius 1 is 0.367 bits per heavy atom. The van der Waals surface area contributed by atoms with Gasteiger partial charge in [0.05, 0.1) is 38.3 Å². The average Bonchev–Trinajstić information content (AvgIpc) is 3.89. The van der Waals surface area contributed by atoms with Crippen LogP contribution < -0.4 is 0 Å². The molecule has 4 nitrogen and oxygen atoms in total. The van der Waals surface area contributed by atoms with Gasteiger partial charge in [-0.1, -0.05) is 158 Å². The van der Waals surface area contributed by atoms with Crippen molar-refractivity contribution in [1.82, 2.24) is 19.5 Å². The lowest BCUT2D eigenvalue weighted by Gasteiger charge is -2.12. The lowest BCUT2D eigenvalue weighted by molar-refractivity contribution is 1.17. The van der Waals surface area contributed by atoms with E-state index in [0.29, 0.717) is 5.82 Å². The van der Waals surface area contributed by atoms with Crippen molar-refractivity contribution in [3.8, 4) is 62.0 Å². The number of nitrogens with zero attached hydrogens (tertiary/aromatic N) is 4. The molecular formula is C55H34N4S. The highest BCUT2D eigenvalue weighted by Crippen LogP contribution is 2.44. The minimum atomic E-state index is 0.677. The second-order valence-corrected chi connectivity index (χ2v) is 16.2. The van der Waals surface area contributed by atoms with E-state index < -0.39 is 0 Å². The van der Waals surface area contributed by atoms with Crippen LogP contribution in [-0.4, -0.2) is 19.5 Å². The van der Waals surface area contributed by atoms with Crippen molar-refractivity contribution in [2.24, 2.45) is 0 Å². The molecule has 0 N–H and O–H groups in total. The maximum atomic E-state index is 5.35. The number of hydrogen-bond donors (Lipinski definition) is 0. The molecule has 280 valence electrons. The van der Waals surface area contributed by atoms with Gasteiger partial charge in [-0.05, 0) is 59.7 Å². The van der Waals surface area contributed by atoms with Gasteiger partial charge in [-0.2, -0.15) is 0 Å². The van der Waals surface area contributed by atoms with Crippen LogP contribution in [0.25, 0.3) is 115 Å². The van der Waals surface area contributed by atoms with Crippen molar-refractivity contribution in [2.75, 3.05) is 0 Å². The van der Waals surface area contributed by atoms with Gasteiger partial charge < -0.3 is 4.57 Å². The van der Waals surface area contributed by atoms with Crippen LogP contribution in [0.3, 0.4) is 0 Å². The normalized spacial score (nSPS) is 11.7. The molecule has 0 bridgehead atoms. The second kappa shape index (κ2) is 14.0. The van der Waals surface area contributed by atoms with Crippen LogP contribution in [0.1, 0.15) is 0 Å². The van der Waals surface area contributed by atoms with Crippen molar-refractivity contribution in [3.63, 3.8) is 0 Å². The Bertz CT molecular complexity index is 3520. The van der Waals surface area contributed by atoms with Gasteiger partial charge in [-0.15, -0.1) is 11.3 Å². The van der Waals surface area contributed by atoms with Crippen molar-refractivity contribution in [2.45, 2.75) is 0 Å². The van der Waals surface area contributed by atoms with Gasteiger partial charge in [0.2, 0.25) is 0 Å². The number of pyridine rings is 1. The van der Waals surface area contributed by atoms with Crippen molar-refractivity contribution in [1.29, 1.82) is 0 Å². The van der Waals surface area contributed by atoms with E-state index >= 15 is 0 Å². The summed E-state index contributed by atoms with van der Waals surface area (Å²) in [5, 5.41) is 6.18. The lowest BCUT2D eigenvalue weighted by Crippen LogP contribution is -1.97. The molecule has 0 spiro atoms. The standard InChI is InChI=1S/C55H34N4S/c1-3-13-35(14-4-1)40-29-32-46-45(33-40)52-44-19-9-12-22-51(44)60-54(52)53(56-46)38-23-25-39(26-24-38)55-57-47(36-15-5-2-6-16-36)34-48(58-55)37-27-30-41(31-28-37)59-49-20-10-7-17-42(49)43-18-8-11-21-50(43)59/h1-34H. The van der Waals surface area contributed by atoms with E-state index in [9.17, 15) is 0 Å². The highest BCUT2D eigenvalue weighted by atomic mass is 32.1. The fourth-order valence-corrected chi connectivity index (χ4v) is 9.96. The summed E-state index contributed by atoms with van der Waals surface area (Å²) in [5.74, 6) is 0.677. The molecule has 4 heterocycles. The number of hydrogen-bond acceptors (Lipinski definition) is 4. The van der Waals surface area contributed by atoms with Crippen molar-refractivity contribution >= 4 is 64.2 Å². The second-order valence-electron chi connectivity index (χ2n) is 15.2. The highest BCUT2D eigenvalue weighted by Gasteiger charge is 2.18. The van der Waals surface area contributed by atoms with Crippen LogP contribution in [0.5, 0.6) is 0 Å². The summed E-state index contributed by atoms with van der Waals surface area (Å²) in [6.07, 6.45) is 0. The van der Waals surface area contributed by atoms with Gasteiger partial charge >= 0.3 is 0 Å². The first-order valence-electron chi connectivity index (χ1n) is 20.2. The first-order valence-corrected chi connectivity index (χ1v) is 21.0. The summed E-state index contributed by atoms with van der Waals surface area (Å²) in [7, 11) is 0. The Hall–Kier alpha value is -7.73. The van der Waals surface area contributed by atoms with E-state index in [1.54, 1.807) is 0 Å². The Morgan fingerprint density at radius 3 is 1.58 bits per heavy atom. The maximum absolute atomic E-state index is 5.35. The summed E-state index contributed by atoms with van der Waals surface area (Å²) < 4.78 is 4.79.